The predicted molar refractivity (Wildman–Crippen MR) is 116 cm³/mol. The summed E-state index contributed by atoms with van der Waals surface area (Å²) in [6.45, 7) is 4.56. The highest BCUT2D eigenvalue weighted by Gasteiger charge is 2.26. The summed E-state index contributed by atoms with van der Waals surface area (Å²) in [5.41, 5.74) is 4.76. The van der Waals surface area contributed by atoms with Crippen LogP contribution in [0.15, 0.2) is 66.3 Å². The van der Waals surface area contributed by atoms with Crippen LogP contribution in [0.25, 0.3) is 0 Å². The van der Waals surface area contributed by atoms with Crippen molar-refractivity contribution in [2.24, 2.45) is 5.10 Å². The van der Waals surface area contributed by atoms with E-state index < -0.39 is 0 Å². The second-order valence-electron chi connectivity index (χ2n) is 7.43. The van der Waals surface area contributed by atoms with Crippen LogP contribution in [0.2, 0.25) is 0 Å². The minimum atomic E-state index is -0.294. The molecule has 0 saturated heterocycles. The molecule has 3 aromatic rings. The van der Waals surface area contributed by atoms with Crippen LogP contribution in [0.3, 0.4) is 0 Å². The molecule has 4 rings (SSSR count). The molecule has 2 heterocycles. The minimum Gasteiger partial charge on any atom is -0.333 e. The van der Waals surface area contributed by atoms with Crippen LogP contribution in [0.1, 0.15) is 29.5 Å². The van der Waals surface area contributed by atoms with Crippen LogP contribution < -0.4 is 10.3 Å². The number of hydrazone groups is 1. The highest BCUT2D eigenvalue weighted by Crippen LogP contribution is 2.25. The van der Waals surface area contributed by atoms with Gasteiger partial charge in [0.2, 0.25) is 5.91 Å². The molecule has 7 nitrogen and oxygen atoms in total. The summed E-state index contributed by atoms with van der Waals surface area (Å²) in [5.74, 6) is -0.403. The van der Waals surface area contributed by atoms with Gasteiger partial charge in [-0.25, -0.2) is 9.99 Å². The highest BCUT2D eigenvalue weighted by molar-refractivity contribution is 6.44. The van der Waals surface area contributed by atoms with Crippen LogP contribution in [0.4, 0.5) is 11.4 Å². The maximum absolute atomic E-state index is 12.8. The number of imidazole rings is 1. The Balaban J connectivity index is 1.53. The van der Waals surface area contributed by atoms with E-state index in [9.17, 15) is 9.59 Å². The summed E-state index contributed by atoms with van der Waals surface area (Å²) in [4.78, 5) is 29.3. The molecular weight excluding hydrogens is 378 g/mol. The summed E-state index contributed by atoms with van der Waals surface area (Å²) in [5, 5.41) is 8.66. The van der Waals surface area contributed by atoms with Gasteiger partial charge in [-0.15, -0.1) is 0 Å². The Labute approximate surface area is 175 Å². The fourth-order valence-corrected chi connectivity index (χ4v) is 3.39. The number of rotatable bonds is 5. The van der Waals surface area contributed by atoms with Crippen molar-refractivity contribution in [3.05, 3.63) is 77.9 Å². The smallest absolute Gasteiger partial charge is 0.271 e. The Morgan fingerprint density at radius 2 is 2.00 bits per heavy atom. The zero-order chi connectivity index (χ0) is 21.1. The molecule has 2 amide bonds. The third kappa shape index (κ3) is 4.30. The van der Waals surface area contributed by atoms with Gasteiger partial charge in [0.25, 0.3) is 5.91 Å². The molecule has 0 radical (unpaired) electrons. The van der Waals surface area contributed by atoms with E-state index in [1.54, 1.807) is 12.5 Å². The van der Waals surface area contributed by atoms with Gasteiger partial charge in [-0.1, -0.05) is 24.3 Å². The van der Waals surface area contributed by atoms with E-state index in [0.29, 0.717) is 30.1 Å². The number of amides is 2. The normalized spacial score (nSPS) is 13.9. The van der Waals surface area contributed by atoms with Gasteiger partial charge in [0.15, 0.2) is 0 Å². The van der Waals surface area contributed by atoms with Crippen molar-refractivity contribution in [1.29, 1.82) is 0 Å². The first-order chi connectivity index (χ1) is 14.5. The van der Waals surface area contributed by atoms with Crippen molar-refractivity contribution < 1.29 is 9.59 Å². The molecule has 1 aliphatic rings. The number of nitrogens with one attached hydrogen (secondary N) is 1. The van der Waals surface area contributed by atoms with E-state index in [1.165, 1.54) is 5.01 Å². The molecule has 1 aromatic heterocycles. The van der Waals surface area contributed by atoms with E-state index in [4.69, 9.17) is 0 Å². The summed E-state index contributed by atoms with van der Waals surface area (Å²) >= 11 is 0. The first-order valence-corrected chi connectivity index (χ1v) is 9.83. The van der Waals surface area contributed by atoms with E-state index in [-0.39, 0.29) is 18.2 Å². The second kappa shape index (κ2) is 8.32. The van der Waals surface area contributed by atoms with Gasteiger partial charge in [0.05, 0.1) is 12.0 Å². The van der Waals surface area contributed by atoms with Crippen LogP contribution in [0, 0.1) is 13.8 Å². The van der Waals surface area contributed by atoms with E-state index in [2.05, 4.69) is 15.4 Å². The quantitative estimate of drug-likeness (QED) is 0.708. The van der Waals surface area contributed by atoms with Gasteiger partial charge < -0.3 is 9.88 Å². The summed E-state index contributed by atoms with van der Waals surface area (Å²) < 4.78 is 1.96. The standard InChI is InChI=1S/C23H23N5O2/c1-16-6-7-17(2)21(12-16)28-22(29)9-8-20(26-28)23(30)25-19-5-3-4-18(13-19)14-27-11-10-24-15-27/h3-7,10-13,15H,8-9,14H2,1-2H3,(H,25,30). The van der Waals surface area contributed by atoms with Crippen LogP contribution in [-0.4, -0.2) is 27.1 Å². The van der Waals surface area contributed by atoms with Gasteiger partial charge in [0.1, 0.15) is 5.71 Å². The molecule has 0 aliphatic carbocycles. The Bertz CT molecular complexity index is 1120. The Kier molecular flexibility index (Phi) is 5.43. The van der Waals surface area contributed by atoms with Crippen molar-refractivity contribution in [2.45, 2.75) is 33.2 Å². The third-order valence-corrected chi connectivity index (χ3v) is 5.00. The second-order valence-corrected chi connectivity index (χ2v) is 7.43. The first kappa shape index (κ1) is 19.6. The Morgan fingerprint density at radius 3 is 2.80 bits per heavy atom. The Morgan fingerprint density at radius 1 is 1.13 bits per heavy atom. The molecule has 0 bridgehead atoms. The number of hydrogen-bond donors (Lipinski definition) is 1. The van der Waals surface area contributed by atoms with E-state index in [0.717, 1.165) is 16.7 Å². The van der Waals surface area contributed by atoms with E-state index in [1.807, 2.05) is 67.1 Å². The fourth-order valence-electron chi connectivity index (χ4n) is 3.39. The monoisotopic (exact) mass is 401 g/mol. The van der Waals surface area contributed by atoms with E-state index >= 15 is 0 Å². The first-order valence-electron chi connectivity index (χ1n) is 9.83. The molecule has 0 unspecified atom stereocenters. The predicted octanol–water partition coefficient (Wildman–Crippen LogP) is 3.67. The van der Waals surface area contributed by atoms with Gasteiger partial charge >= 0.3 is 0 Å². The van der Waals surface area contributed by atoms with Crippen LogP contribution in [0.5, 0.6) is 0 Å². The van der Waals surface area contributed by atoms with Gasteiger partial charge in [-0.05, 0) is 48.7 Å². The molecule has 152 valence electrons. The van der Waals surface area contributed by atoms with Crippen molar-refractivity contribution in [1.82, 2.24) is 9.55 Å². The number of nitrogens with zero attached hydrogens (tertiary/aromatic N) is 4. The maximum atomic E-state index is 12.8. The molecule has 0 fully saturated rings. The fraction of sp³-hybridized carbons (Fsp3) is 0.217. The number of aromatic nitrogens is 2. The SMILES string of the molecule is Cc1ccc(C)c(N2N=C(C(=O)Nc3cccc(Cn4ccnc4)c3)CCC2=O)c1. The number of carbonyl (C=O) groups is 2. The lowest BCUT2D eigenvalue weighted by atomic mass is 10.1. The van der Waals surface area contributed by atoms with Crippen molar-refractivity contribution >= 4 is 28.9 Å². The van der Waals surface area contributed by atoms with Crippen molar-refractivity contribution in [3.8, 4) is 0 Å². The maximum Gasteiger partial charge on any atom is 0.271 e. The van der Waals surface area contributed by atoms with Crippen molar-refractivity contribution in [2.75, 3.05) is 10.3 Å². The van der Waals surface area contributed by atoms with Gasteiger partial charge in [-0.3, -0.25) is 9.59 Å². The number of carbonyl (C=O) groups excluding carboxylic acids is 2. The minimum absolute atomic E-state index is 0.109. The lowest BCUT2D eigenvalue weighted by Crippen LogP contribution is -2.36. The molecule has 1 N–H and O–H groups in total. The lowest BCUT2D eigenvalue weighted by Gasteiger charge is -2.24. The number of anilines is 2. The zero-order valence-electron chi connectivity index (χ0n) is 17.0. The Hall–Kier alpha value is -3.74. The average Bonchev–Trinajstić information content (AvgIpc) is 3.23. The third-order valence-electron chi connectivity index (χ3n) is 5.00. The van der Waals surface area contributed by atoms with Gasteiger partial charge in [-0.2, -0.15) is 5.10 Å². The molecular formula is C23H23N5O2. The largest absolute Gasteiger partial charge is 0.333 e. The molecule has 2 aromatic carbocycles. The number of benzene rings is 2. The lowest BCUT2D eigenvalue weighted by molar-refractivity contribution is -0.118. The molecule has 1 aliphatic heterocycles. The molecule has 0 atom stereocenters. The topological polar surface area (TPSA) is 79.6 Å². The summed E-state index contributed by atoms with van der Waals surface area (Å²) in [6, 6.07) is 13.5. The highest BCUT2D eigenvalue weighted by atomic mass is 16.2. The number of aryl methyl sites for hydroxylation is 2. The van der Waals surface area contributed by atoms with Crippen LogP contribution >= 0.6 is 0 Å². The molecule has 0 saturated carbocycles. The molecule has 7 heteroatoms. The summed E-state index contributed by atoms with van der Waals surface area (Å²) in [7, 11) is 0. The average molecular weight is 401 g/mol. The molecule has 30 heavy (non-hydrogen) atoms. The van der Waals surface area contributed by atoms with Crippen LogP contribution in [-0.2, 0) is 16.1 Å². The summed E-state index contributed by atoms with van der Waals surface area (Å²) in [6.07, 6.45) is 5.94. The van der Waals surface area contributed by atoms with Gasteiger partial charge in [0, 0.05) is 37.5 Å². The molecule has 0 spiro atoms. The number of hydrogen-bond acceptors (Lipinski definition) is 4. The van der Waals surface area contributed by atoms with Crippen molar-refractivity contribution in [3.63, 3.8) is 0 Å². The zero-order valence-corrected chi connectivity index (χ0v) is 17.0.